The van der Waals surface area contributed by atoms with E-state index in [1.165, 1.54) is 0 Å². The van der Waals surface area contributed by atoms with E-state index in [0.717, 1.165) is 6.42 Å². The van der Waals surface area contributed by atoms with Crippen LogP contribution >= 0.6 is 11.6 Å². The van der Waals surface area contributed by atoms with Gasteiger partial charge in [-0.2, -0.15) is 0 Å². The highest BCUT2D eigenvalue weighted by atomic mass is 35.5. The molecule has 2 aromatic rings. The van der Waals surface area contributed by atoms with Gasteiger partial charge in [-0.1, -0.05) is 30.7 Å². The van der Waals surface area contributed by atoms with Crippen molar-refractivity contribution in [2.75, 3.05) is 0 Å². The van der Waals surface area contributed by atoms with Gasteiger partial charge in [0.05, 0.1) is 6.42 Å². The molecule has 1 aromatic carbocycles. The number of hydrogen-bond acceptors (Lipinski definition) is 4. The van der Waals surface area contributed by atoms with Gasteiger partial charge in [-0.15, -0.1) is 5.10 Å². The zero-order valence-electron chi connectivity index (χ0n) is 10.0. The molecule has 18 heavy (non-hydrogen) atoms. The summed E-state index contributed by atoms with van der Waals surface area (Å²) >= 11 is 5.85. The predicted octanol–water partition coefficient (Wildman–Crippen LogP) is 2.16. The summed E-state index contributed by atoms with van der Waals surface area (Å²) in [5.74, 6) is 0.548. The molecule has 1 aromatic heterocycles. The Morgan fingerprint density at radius 1 is 1.44 bits per heavy atom. The van der Waals surface area contributed by atoms with Gasteiger partial charge in [-0.05, 0) is 29.0 Å². The van der Waals surface area contributed by atoms with Crippen molar-refractivity contribution < 1.29 is 4.79 Å². The number of aryl methyl sites for hydroxylation is 1. The van der Waals surface area contributed by atoms with E-state index < -0.39 is 0 Å². The third-order valence-electron chi connectivity index (χ3n) is 2.51. The fraction of sp³-hybridized carbons (Fsp3) is 0.333. The first-order valence-corrected chi connectivity index (χ1v) is 6.12. The van der Waals surface area contributed by atoms with E-state index in [2.05, 4.69) is 15.5 Å². The Morgan fingerprint density at radius 3 is 3.00 bits per heavy atom. The molecule has 0 N–H and O–H groups in total. The number of halogens is 1. The SMILES string of the molecule is CCCn1nnnc1CC(=O)c1cccc(Cl)c1. The molecular weight excluding hydrogens is 252 g/mol. The molecule has 0 aliphatic carbocycles. The molecule has 2 rings (SSSR count). The number of benzene rings is 1. The van der Waals surface area contributed by atoms with Crippen molar-refractivity contribution in [3.8, 4) is 0 Å². The third-order valence-corrected chi connectivity index (χ3v) is 2.74. The Kier molecular flexibility index (Phi) is 4.04. The van der Waals surface area contributed by atoms with Gasteiger partial charge in [-0.25, -0.2) is 4.68 Å². The first kappa shape index (κ1) is 12.7. The van der Waals surface area contributed by atoms with Gasteiger partial charge in [0.25, 0.3) is 0 Å². The molecule has 0 saturated carbocycles. The minimum Gasteiger partial charge on any atom is -0.294 e. The van der Waals surface area contributed by atoms with Gasteiger partial charge in [0, 0.05) is 17.1 Å². The summed E-state index contributed by atoms with van der Waals surface area (Å²) in [5.41, 5.74) is 0.577. The number of Topliss-reactive ketones (excluding diaryl/α,β-unsaturated/α-hetero) is 1. The van der Waals surface area contributed by atoms with Crippen molar-refractivity contribution in [1.82, 2.24) is 20.2 Å². The number of ketones is 1. The lowest BCUT2D eigenvalue weighted by atomic mass is 10.1. The molecular formula is C12H13ClN4O. The highest BCUT2D eigenvalue weighted by Gasteiger charge is 2.13. The Hall–Kier alpha value is -1.75. The number of aromatic nitrogens is 4. The third kappa shape index (κ3) is 2.92. The maximum atomic E-state index is 12.1. The second kappa shape index (κ2) is 5.73. The Balaban J connectivity index is 2.14. The molecule has 0 bridgehead atoms. The van der Waals surface area contributed by atoms with E-state index in [4.69, 9.17) is 11.6 Å². The molecule has 0 aliphatic rings. The van der Waals surface area contributed by atoms with Crippen molar-refractivity contribution in [2.45, 2.75) is 26.3 Å². The van der Waals surface area contributed by atoms with Crippen LogP contribution in [-0.4, -0.2) is 26.0 Å². The fourth-order valence-corrected chi connectivity index (χ4v) is 1.83. The number of tetrazole rings is 1. The van der Waals surface area contributed by atoms with Gasteiger partial charge in [0.2, 0.25) is 0 Å². The maximum absolute atomic E-state index is 12.1. The molecule has 0 spiro atoms. The van der Waals surface area contributed by atoms with Crippen LogP contribution in [0.3, 0.4) is 0 Å². The second-order valence-corrected chi connectivity index (χ2v) is 4.36. The van der Waals surface area contributed by atoms with Crippen LogP contribution in [0.4, 0.5) is 0 Å². The quantitative estimate of drug-likeness (QED) is 0.777. The minimum absolute atomic E-state index is 0.0374. The summed E-state index contributed by atoms with van der Waals surface area (Å²) in [7, 11) is 0. The second-order valence-electron chi connectivity index (χ2n) is 3.93. The molecule has 0 unspecified atom stereocenters. The molecule has 1 heterocycles. The summed E-state index contributed by atoms with van der Waals surface area (Å²) in [4.78, 5) is 12.1. The van der Waals surface area contributed by atoms with Gasteiger partial charge in [-0.3, -0.25) is 4.79 Å². The standard InChI is InChI=1S/C12H13ClN4O/c1-2-6-17-12(14-15-16-17)8-11(18)9-4-3-5-10(13)7-9/h3-5,7H,2,6,8H2,1H3. The Morgan fingerprint density at radius 2 is 2.28 bits per heavy atom. The molecule has 0 saturated heterocycles. The lowest BCUT2D eigenvalue weighted by Gasteiger charge is -2.03. The van der Waals surface area contributed by atoms with Crippen LogP contribution in [0.25, 0.3) is 0 Å². The molecule has 0 fully saturated rings. The number of carbonyl (C=O) groups is 1. The maximum Gasteiger partial charge on any atom is 0.170 e. The molecule has 0 amide bonds. The van der Waals surface area contributed by atoms with Crippen LogP contribution in [0.1, 0.15) is 29.5 Å². The number of hydrogen-bond donors (Lipinski definition) is 0. The van der Waals surface area contributed by atoms with Crippen LogP contribution < -0.4 is 0 Å². The molecule has 6 heteroatoms. The topological polar surface area (TPSA) is 60.7 Å². The van der Waals surface area contributed by atoms with Crippen molar-refractivity contribution in [3.05, 3.63) is 40.7 Å². The zero-order valence-corrected chi connectivity index (χ0v) is 10.8. The van der Waals surface area contributed by atoms with E-state index in [9.17, 15) is 4.79 Å². The molecule has 5 nitrogen and oxygen atoms in total. The molecule has 0 atom stereocenters. The highest BCUT2D eigenvalue weighted by Crippen LogP contribution is 2.12. The van der Waals surface area contributed by atoms with Crippen LogP contribution in [0.5, 0.6) is 0 Å². The first-order valence-electron chi connectivity index (χ1n) is 5.74. The Bertz CT molecular complexity index is 553. The van der Waals surface area contributed by atoms with E-state index in [0.29, 0.717) is 23.0 Å². The van der Waals surface area contributed by atoms with E-state index in [-0.39, 0.29) is 12.2 Å². The Labute approximate surface area is 110 Å². The zero-order chi connectivity index (χ0) is 13.0. The van der Waals surface area contributed by atoms with E-state index in [1.54, 1.807) is 28.9 Å². The largest absolute Gasteiger partial charge is 0.294 e. The highest BCUT2D eigenvalue weighted by molar-refractivity contribution is 6.31. The van der Waals surface area contributed by atoms with Crippen LogP contribution in [0.2, 0.25) is 5.02 Å². The van der Waals surface area contributed by atoms with Gasteiger partial charge in [0.15, 0.2) is 11.6 Å². The number of carbonyl (C=O) groups excluding carboxylic acids is 1. The van der Waals surface area contributed by atoms with Crippen LogP contribution in [0, 0.1) is 0 Å². The van der Waals surface area contributed by atoms with E-state index in [1.807, 2.05) is 6.92 Å². The average molecular weight is 265 g/mol. The molecule has 0 aliphatic heterocycles. The van der Waals surface area contributed by atoms with Crippen LogP contribution in [0.15, 0.2) is 24.3 Å². The average Bonchev–Trinajstić information content (AvgIpc) is 2.77. The lowest BCUT2D eigenvalue weighted by molar-refractivity contribution is 0.0989. The summed E-state index contributed by atoms with van der Waals surface area (Å²) in [6.45, 7) is 2.75. The summed E-state index contributed by atoms with van der Waals surface area (Å²) in [5, 5.41) is 11.9. The fourth-order valence-electron chi connectivity index (χ4n) is 1.64. The summed E-state index contributed by atoms with van der Waals surface area (Å²) in [6, 6.07) is 6.88. The summed E-state index contributed by atoms with van der Waals surface area (Å²) in [6.07, 6.45) is 1.11. The molecule has 0 radical (unpaired) electrons. The van der Waals surface area contributed by atoms with Gasteiger partial charge in [0.1, 0.15) is 0 Å². The van der Waals surface area contributed by atoms with Crippen molar-refractivity contribution >= 4 is 17.4 Å². The van der Waals surface area contributed by atoms with Crippen LogP contribution in [-0.2, 0) is 13.0 Å². The van der Waals surface area contributed by atoms with Crippen molar-refractivity contribution in [3.63, 3.8) is 0 Å². The van der Waals surface area contributed by atoms with Crippen molar-refractivity contribution in [2.24, 2.45) is 0 Å². The monoisotopic (exact) mass is 264 g/mol. The lowest BCUT2D eigenvalue weighted by Crippen LogP contribution is -2.11. The van der Waals surface area contributed by atoms with Gasteiger partial charge < -0.3 is 0 Å². The van der Waals surface area contributed by atoms with Crippen molar-refractivity contribution in [1.29, 1.82) is 0 Å². The minimum atomic E-state index is -0.0374. The molecule has 94 valence electrons. The van der Waals surface area contributed by atoms with Gasteiger partial charge >= 0.3 is 0 Å². The first-order chi connectivity index (χ1) is 8.70. The predicted molar refractivity (Wildman–Crippen MR) is 67.6 cm³/mol. The van der Waals surface area contributed by atoms with E-state index >= 15 is 0 Å². The smallest absolute Gasteiger partial charge is 0.170 e. The number of rotatable bonds is 5. The normalized spacial score (nSPS) is 10.6. The number of nitrogens with zero attached hydrogens (tertiary/aromatic N) is 4. The summed E-state index contributed by atoms with van der Waals surface area (Å²) < 4.78 is 1.66.